The number of aromatic nitrogens is 1. The quantitative estimate of drug-likeness (QED) is 0.465. The van der Waals surface area contributed by atoms with Gasteiger partial charge in [-0.25, -0.2) is 4.39 Å². The molecule has 0 amide bonds. The molecule has 0 spiro atoms. The molecule has 4 aromatic rings. The standard InChI is InChI=1S/C21H19FN2O3S/c22-16-3-6-19-20(9-16)24-27-21(19)15-1-4-18(5-2-15)26-12-17(25)11-23-10-14-7-8-28-13-14/h1-9,13,17,23,25H,10-12H2/t17-/m1/s1. The number of aliphatic hydroxyl groups is 1. The minimum Gasteiger partial charge on any atom is -0.491 e. The van der Waals surface area contributed by atoms with Crippen molar-refractivity contribution in [2.24, 2.45) is 0 Å². The zero-order valence-corrected chi connectivity index (χ0v) is 15.8. The molecule has 5 nitrogen and oxygen atoms in total. The monoisotopic (exact) mass is 398 g/mol. The number of nitrogens with one attached hydrogen (secondary N) is 1. The molecule has 0 aliphatic heterocycles. The van der Waals surface area contributed by atoms with Crippen LogP contribution in [0.25, 0.3) is 22.2 Å². The number of aliphatic hydroxyl groups excluding tert-OH is 1. The molecule has 4 rings (SSSR count). The van der Waals surface area contributed by atoms with Gasteiger partial charge in [-0.2, -0.15) is 11.3 Å². The predicted molar refractivity (Wildman–Crippen MR) is 107 cm³/mol. The summed E-state index contributed by atoms with van der Waals surface area (Å²) in [4.78, 5) is 0. The molecule has 0 bridgehead atoms. The summed E-state index contributed by atoms with van der Waals surface area (Å²) >= 11 is 1.65. The summed E-state index contributed by atoms with van der Waals surface area (Å²) in [6.07, 6.45) is -0.605. The lowest BCUT2D eigenvalue weighted by Crippen LogP contribution is -2.31. The molecule has 2 N–H and O–H groups in total. The fraction of sp³-hybridized carbons (Fsp3) is 0.190. The van der Waals surface area contributed by atoms with Gasteiger partial charge < -0.3 is 19.7 Å². The fourth-order valence-corrected chi connectivity index (χ4v) is 3.52. The van der Waals surface area contributed by atoms with Crippen LogP contribution in [0.4, 0.5) is 4.39 Å². The van der Waals surface area contributed by atoms with Crippen LogP contribution in [0.3, 0.4) is 0 Å². The minimum atomic E-state index is -0.605. The average Bonchev–Trinajstić information content (AvgIpc) is 3.36. The Kier molecular flexibility index (Phi) is 5.66. The number of halogens is 1. The van der Waals surface area contributed by atoms with Crippen LogP contribution in [0.5, 0.6) is 5.75 Å². The number of hydrogen-bond acceptors (Lipinski definition) is 6. The van der Waals surface area contributed by atoms with Gasteiger partial charge >= 0.3 is 0 Å². The van der Waals surface area contributed by atoms with Gasteiger partial charge in [0.25, 0.3) is 0 Å². The molecule has 0 fully saturated rings. The van der Waals surface area contributed by atoms with Crippen LogP contribution in [0, 0.1) is 5.82 Å². The summed E-state index contributed by atoms with van der Waals surface area (Å²) in [5.41, 5.74) is 2.50. The van der Waals surface area contributed by atoms with Crippen molar-refractivity contribution >= 4 is 22.2 Å². The lowest BCUT2D eigenvalue weighted by Gasteiger charge is -2.13. The lowest BCUT2D eigenvalue weighted by molar-refractivity contribution is 0.106. The zero-order valence-electron chi connectivity index (χ0n) is 15.0. The number of benzene rings is 2. The number of ether oxygens (including phenoxy) is 1. The van der Waals surface area contributed by atoms with E-state index in [1.807, 2.05) is 17.5 Å². The van der Waals surface area contributed by atoms with Gasteiger partial charge in [0.2, 0.25) is 0 Å². The number of fused-ring (bicyclic) bond motifs is 1. The minimum absolute atomic E-state index is 0.195. The molecule has 0 aliphatic rings. The molecular weight excluding hydrogens is 379 g/mol. The van der Waals surface area contributed by atoms with E-state index in [-0.39, 0.29) is 12.4 Å². The normalized spacial score (nSPS) is 12.4. The predicted octanol–water partition coefficient (Wildman–Crippen LogP) is 4.22. The van der Waals surface area contributed by atoms with E-state index < -0.39 is 6.10 Å². The number of hydrogen-bond donors (Lipinski definition) is 2. The van der Waals surface area contributed by atoms with Gasteiger partial charge in [-0.1, -0.05) is 5.16 Å². The first-order chi connectivity index (χ1) is 13.7. The molecule has 2 aromatic carbocycles. The van der Waals surface area contributed by atoms with Crippen LogP contribution >= 0.6 is 11.3 Å². The van der Waals surface area contributed by atoms with E-state index >= 15 is 0 Å². The van der Waals surface area contributed by atoms with Crippen LogP contribution in [0.15, 0.2) is 63.8 Å². The molecule has 0 radical (unpaired) electrons. The largest absolute Gasteiger partial charge is 0.491 e. The lowest BCUT2D eigenvalue weighted by atomic mass is 10.1. The van der Waals surface area contributed by atoms with Crippen molar-refractivity contribution in [1.82, 2.24) is 10.5 Å². The van der Waals surface area contributed by atoms with Crippen molar-refractivity contribution in [1.29, 1.82) is 0 Å². The van der Waals surface area contributed by atoms with Gasteiger partial charge in [0, 0.05) is 30.1 Å². The summed E-state index contributed by atoms with van der Waals surface area (Å²) in [5, 5.41) is 22.0. The maximum Gasteiger partial charge on any atom is 0.174 e. The van der Waals surface area contributed by atoms with Crippen molar-refractivity contribution < 1.29 is 18.8 Å². The smallest absolute Gasteiger partial charge is 0.174 e. The Hall–Kier alpha value is -2.74. The molecule has 2 heterocycles. The average molecular weight is 398 g/mol. The molecule has 0 saturated heterocycles. The molecule has 0 unspecified atom stereocenters. The third-order valence-corrected chi connectivity index (χ3v) is 5.02. The number of nitrogens with zero attached hydrogens (tertiary/aromatic N) is 1. The van der Waals surface area contributed by atoms with E-state index in [2.05, 4.69) is 21.9 Å². The van der Waals surface area contributed by atoms with Crippen molar-refractivity contribution in [3.8, 4) is 17.1 Å². The maximum absolute atomic E-state index is 13.3. The van der Waals surface area contributed by atoms with Gasteiger partial charge in [0.05, 0.1) is 0 Å². The Bertz CT molecular complexity index is 1030. The molecular formula is C21H19FN2O3S. The second-order valence-corrected chi connectivity index (χ2v) is 7.20. The van der Waals surface area contributed by atoms with Crippen LogP contribution in [-0.2, 0) is 6.54 Å². The summed E-state index contributed by atoms with van der Waals surface area (Å²) in [6, 6.07) is 13.7. The highest BCUT2D eigenvalue weighted by atomic mass is 32.1. The Morgan fingerprint density at radius 3 is 2.82 bits per heavy atom. The van der Waals surface area contributed by atoms with Crippen LogP contribution in [0.2, 0.25) is 0 Å². The zero-order chi connectivity index (χ0) is 19.3. The number of thiophene rings is 1. The van der Waals surface area contributed by atoms with E-state index in [0.717, 1.165) is 17.5 Å². The Labute approximate surface area is 165 Å². The van der Waals surface area contributed by atoms with Crippen molar-refractivity contribution in [2.45, 2.75) is 12.6 Å². The Balaban J connectivity index is 1.31. The second kappa shape index (κ2) is 8.52. The maximum atomic E-state index is 13.3. The highest BCUT2D eigenvalue weighted by molar-refractivity contribution is 7.07. The van der Waals surface area contributed by atoms with E-state index in [9.17, 15) is 9.50 Å². The third-order valence-electron chi connectivity index (χ3n) is 4.29. The molecule has 2 aromatic heterocycles. The second-order valence-electron chi connectivity index (χ2n) is 6.42. The first-order valence-electron chi connectivity index (χ1n) is 8.87. The highest BCUT2D eigenvalue weighted by Crippen LogP contribution is 2.30. The van der Waals surface area contributed by atoms with Gasteiger partial charge in [0.15, 0.2) is 5.76 Å². The van der Waals surface area contributed by atoms with Gasteiger partial charge in [-0.15, -0.1) is 0 Å². The van der Waals surface area contributed by atoms with Gasteiger partial charge in [-0.05, 0) is 58.8 Å². The fourth-order valence-electron chi connectivity index (χ4n) is 2.85. The summed E-state index contributed by atoms with van der Waals surface area (Å²) in [7, 11) is 0. The van der Waals surface area contributed by atoms with E-state index in [0.29, 0.717) is 23.6 Å². The molecule has 7 heteroatoms. The first kappa shape index (κ1) is 18.6. The molecule has 1 atom stereocenters. The number of rotatable bonds is 8. The first-order valence-corrected chi connectivity index (χ1v) is 9.81. The third kappa shape index (κ3) is 4.39. The van der Waals surface area contributed by atoms with Crippen molar-refractivity contribution in [3.05, 3.63) is 70.7 Å². The molecule has 28 heavy (non-hydrogen) atoms. The molecule has 0 aliphatic carbocycles. The van der Waals surface area contributed by atoms with Crippen LogP contribution in [-0.4, -0.2) is 29.5 Å². The van der Waals surface area contributed by atoms with Crippen LogP contribution < -0.4 is 10.1 Å². The van der Waals surface area contributed by atoms with Crippen molar-refractivity contribution in [3.63, 3.8) is 0 Å². The SMILES string of the molecule is O[C@H](CNCc1ccsc1)COc1ccc(-c2onc3cc(F)ccc23)cc1. The van der Waals surface area contributed by atoms with E-state index in [4.69, 9.17) is 9.26 Å². The van der Waals surface area contributed by atoms with Crippen molar-refractivity contribution in [2.75, 3.05) is 13.2 Å². The Morgan fingerprint density at radius 1 is 1.18 bits per heavy atom. The highest BCUT2D eigenvalue weighted by Gasteiger charge is 2.12. The summed E-state index contributed by atoms with van der Waals surface area (Å²) in [5.74, 6) is 0.884. The summed E-state index contributed by atoms with van der Waals surface area (Å²) < 4.78 is 24.3. The Morgan fingerprint density at radius 2 is 2.04 bits per heavy atom. The van der Waals surface area contributed by atoms with E-state index in [1.54, 1.807) is 29.5 Å². The molecule has 0 saturated carbocycles. The van der Waals surface area contributed by atoms with Crippen LogP contribution in [0.1, 0.15) is 5.56 Å². The topological polar surface area (TPSA) is 67.5 Å². The van der Waals surface area contributed by atoms with Gasteiger partial charge in [0.1, 0.15) is 29.8 Å². The van der Waals surface area contributed by atoms with Gasteiger partial charge in [-0.3, -0.25) is 0 Å². The molecule has 144 valence electrons. The van der Waals surface area contributed by atoms with E-state index in [1.165, 1.54) is 17.7 Å². The summed E-state index contributed by atoms with van der Waals surface area (Å²) in [6.45, 7) is 1.37.